The molecule has 0 saturated heterocycles. The molecule has 0 bridgehead atoms. The molecule has 2 N–H and O–H groups in total. The number of aliphatic carboxylic acids is 1. The van der Waals surface area contributed by atoms with Gasteiger partial charge in [0.15, 0.2) is 23.9 Å². The predicted molar refractivity (Wildman–Crippen MR) is 107 cm³/mol. The second-order valence-corrected chi connectivity index (χ2v) is 6.25. The van der Waals surface area contributed by atoms with E-state index in [0.29, 0.717) is 39.7 Å². The summed E-state index contributed by atoms with van der Waals surface area (Å²) in [7, 11) is 0. The summed E-state index contributed by atoms with van der Waals surface area (Å²) in [6.07, 6.45) is 1.42. The van der Waals surface area contributed by atoms with Crippen molar-refractivity contribution in [2.24, 2.45) is 5.10 Å². The van der Waals surface area contributed by atoms with Crippen LogP contribution in [-0.2, 0) is 4.79 Å². The average Bonchev–Trinajstić information content (AvgIpc) is 3.10. The highest BCUT2D eigenvalue weighted by Crippen LogP contribution is 2.28. The Morgan fingerprint density at radius 1 is 1.17 bits per heavy atom. The number of rotatable bonds is 8. The molecule has 1 amide bonds. The van der Waals surface area contributed by atoms with Crippen LogP contribution in [-0.4, -0.2) is 36.4 Å². The van der Waals surface area contributed by atoms with Gasteiger partial charge >= 0.3 is 11.9 Å². The highest BCUT2D eigenvalue weighted by atomic mass is 35.5. The largest absolute Gasteiger partial charge is 0.490 e. The van der Waals surface area contributed by atoms with Gasteiger partial charge in [-0.3, -0.25) is 4.79 Å². The van der Waals surface area contributed by atoms with E-state index in [9.17, 15) is 9.59 Å². The lowest BCUT2D eigenvalue weighted by molar-refractivity contribution is -0.139. The fourth-order valence-electron chi connectivity index (χ4n) is 2.48. The molecule has 29 heavy (non-hydrogen) atoms. The van der Waals surface area contributed by atoms with Crippen LogP contribution < -0.4 is 14.9 Å². The van der Waals surface area contributed by atoms with Crippen molar-refractivity contribution in [3.63, 3.8) is 0 Å². The monoisotopic (exact) mass is 416 g/mol. The van der Waals surface area contributed by atoms with E-state index in [0.717, 1.165) is 0 Å². The maximum Gasteiger partial charge on any atom is 0.341 e. The number of halogens is 1. The third-order valence-corrected chi connectivity index (χ3v) is 3.94. The number of hydrazone groups is 1. The van der Waals surface area contributed by atoms with Gasteiger partial charge in [0.1, 0.15) is 5.58 Å². The summed E-state index contributed by atoms with van der Waals surface area (Å²) < 4.78 is 16.1. The van der Waals surface area contributed by atoms with E-state index in [1.54, 1.807) is 49.4 Å². The Morgan fingerprint density at radius 2 is 2.00 bits per heavy atom. The lowest BCUT2D eigenvalue weighted by Crippen LogP contribution is -2.16. The SMILES string of the molecule is CCOc1cc(/C=N/NC(=O)c2cc3cc(Cl)ccc3o2)ccc1OCC(=O)O. The molecule has 3 aromatic rings. The maximum atomic E-state index is 12.2. The minimum atomic E-state index is -1.09. The van der Waals surface area contributed by atoms with E-state index in [1.165, 1.54) is 6.21 Å². The molecule has 0 saturated carbocycles. The van der Waals surface area contributed by atoms with Gasteiger partial charge < -0.3 is 19.0 Å². The molecular formula is C20H17ClN2O6. The summed E-state index contributed by atoms with van der Waals surface area (Å²) in [6, 6.07) is 11.5. The number of hydrogen-bond acceptors (Lipinski definition) is 6. The van der Waals surface area contributed by atoms with Gasteiger partial charge in [-0.1, -0.05) is 11.6 Å². The smallest absolute Gasteiger partial charge is 0.341 e. The van der Waals surface area contributed by atoms with E-state index in [2.05, 4.69) is 10.5 Å². The van der Waals surface area contributed by atoms with Crippen molar-refractivity contribution in [1.82, 2.24) is 5.43 Å². The van der Waals surface area contributed by atoms with Crippen LogP contribution in [0.2, 0.25) is 5.02 Å². The second kappa shape index (κ2) is 9.11. The number of carboxylic acid groups (broad SMARTS) is 1. The fourth-order valence-corrected chi connectivity index (χ4v) is 2.66. The van der Waals surface area contributed by atoms with Gasteiger partial charge in [0, 0.05) is 10.4 Å². The van der Waals surface area contributed by atoms with Crippen LogP contribution in [0, 0.1) is 0 Å². The Balaban J connectivity index is 1.68. The molecule has 3 rings (SSSR count). The summed E-state index contributed by atoms with van der Waals surface area (Å²) in [5.74, 6) is -0.824. The molecule has 0 spiro atoms. The third kappa shape index (κ3) is 5.26. The molecule has 0 atom stereocenters. The zero-order chi connectivity index (χ0) is 20.8. The first kappa shape index (κ1) is 20.2. The average molecular weight is 417 g/mol. The highest BCUT2D eigenvalue weighted by Gasteiger charge is 2.12. The molecule has 0 unspecified atom stereocenters. The number of nitrogens with zero attached hydrogens (tertiary/aromatic N) is 1. The zero-order valence-corrected chi connectivity index (χ0v) is 16.1. The summed E-state index contributed by atoms with van der Waals surface area (Å²) in [4.78, 5) is 22.9. The van der Waals surface area contributed by atoms with Crippen LogP contribution in [0.25, 0.3) is 11.0 Å². The number of carbonyl (C=O) groups excluding carboxylic acids is 1. The normalized spacial score (nSPS) is 11.0. The molecule has 1 aromatic heterocycles. The van der Waals surface area contributed by atoms with Crippen molar-refractivity contribution in [2.45, 2.75) is 6.92 Å². The van der Waals surface area contributed by atoms with E-state index in [4.69, 9.17) is 30.6 Å². The molecule has 9 heteroatoms. The number of furan rings is 1. The zero-order valence-electron chi connectivity index (χ0n) is 15.3. The van der Waals surface area contributed by atoms with Crippen LogP contribution in [0.1, 0.15) is 23.0 Å². The number of nitrogens with one attached hydrogen (secondary N) is 1. The molecule has 1 heterocycles. The molecule has 0 fully saturated rings. The lowest BCUT2D eigenvalue weighted by Gasteiger charge is -2.11. The number of carbonyl (C=O) groups is 2. The van der Waals surface area contributed by atoms with Gasteiger partial charge in [0.25, 0.3) is 0 Å². The van der Waals surface area contributed by atoms with Crippen molar-refractivity contribution in [1.29, 1.82) is 0 Å². The Kier molecular flexibility index (Phi) is 6.36. The number of benzene rings is 2. The van der Waals surface area contributed by atoms with Gasteiger partial charge in [-0.05, 0) is 55.0 Å². The third-order valence-electron chi connectivity index (χ3n) is 3.70. The van der Waals surface area contributed by atoms with E-state index < -0.39 is 18.5 Å². The number of amides is 1. The molecule has 0 aliphatic rings. The molecule has 0 radical (unpaired) electrons. The molecule has 0 aliphatic carbocycles. The number of fused-ring (bicyclic) bond motifs is 1. The van der Waals surface area contributed by atoms with Crippen molar-refractivity contribution in [2.75, 3.05) is 13.2 Å². The van der Waals surface area contributed by atoms with Crippen molar-refractivity contribution >= 4 is 40.7 Å². The Hall–Kier alpha value is -3.52. The molecular weight excluding hydrogens is 400 g/mol. The first-order valence-electron chi connectivity index (χ1n) is 8.60. The summed E-state index contributed by atoms with van der Waals surface area (Å²) in [6.45, 7) is 1.69. The van der Waals surface area contributed by atoms with Crippen LogP contribution in [0.5, 0.6) is 11.5 Å². The molecule has 0 aliphatic heterocycles. The first-order valence-corrected chi connectivity index (χ1v) is 8.98. The Labute approximate surface area is 170 Å². The number of hydrogen-bond donors (Lipinski definition) is 2. The van der Waals surface area contributed by atoms with Gasteiger partial charge in [-0.15, -0.1) is 0 Å². The van der Waals surface area contributed by atoms with Gasteiger partial charge in [0.05, 0.1) is 12.8 Å². The lowest BCUT2D eigenvalue weighted by atomic mass is 10.2. The second-order valence-electron chi connectivity index (χ2n) is 5.81. The van der Waals surface area contributed by atoms with Crippen LogP contribution >= 0.6 is 11.6 Å². The van der Waals surface area contributed by atoms with Crippen molar-refractivity contribution in [3.8, 4) is 11.5 Å². The molecule has 8 nitrogen and oxygen atoms in total. The minimum Gasteiger partial charge on any atom is -0.490 e. The van der Waals surface area contributed by atoms with E-state index >= 15 is 0 Å². The van der Waals surface area contributed by atoms with Gasteiger partial charge in [0.2, 0.25) is 0 Å². The summed E-state index contributed by atoms with van der Waals surface area (Å²) in [5.41, 5.74) is 3.54. The summed E-state index contributed by atoms with van der Waals surface area (Å²) in [5, 5.41) is 13.9. The van der Waals surface area contributed by atoms with E-state index in [1.807, 2.05) is 0 Å². The predicted octanol–water partition coefficient (Wildman–Crippen LogP) is 3.71. The topological polar surface area (TPSA) is 110 Å². The van der Waals surface area contributed by atoms with Gasteiger partial charge in [-0.2, -0.15) is 5.10 Å². The number of ether oxygens (including phenoxy) is 2. The Morgan fingerprint density at radius 3 is 2.76 bits per heavy atom. The maximum absolute atomic E-state index is 12.2. The standard InChI is InChI=1S/C20H17ClN2O6/c1-2-27-17-7-12(3-5-16(17)28-11-19(24)25)10-22-23-20(26)18-9-13-8-14(21)4-6-15(13)29-18/h3-10H,2,11H2,1H3,(H,23,26)(H,24,25)/b22-10+. The van der Waals surface area contributed by atoms with Gasteiger partial charge in [-0.25, -0.2) is 10.2 Å². The molecule has 2 aromatic carbocycles. The van der Waals surface area contributed by atoms with Crippen LogP contribution in [0.4, 0.5) is 0 Å². The molecule has 150 valence electrons. The van der Waals surface area contributed by atoms with Crippen LogP contribution in [0.3, 0.4) is 0 Å². The first-order chi connectivity index (χ1) is 14.0. The van der Waals surface area contributed by atoms with Crippen LogP contribution in [0.15, 0.2) is 52.0 Å². The van der Waals surface area contributed by atoms with Crippen molar-refractivity contribution in [3.05, 3.63) is 58.8 Å². The number of carboxylic acids is 1. The quantitative estimate of drug-likeness (QED) is 0.428. The fraction of sp³-hybridized carbons (Fsp3) is 0.150. The highest BCUT2D eigenvalue weighted by molar-refractivity contribution is 6.31. The van der Waals surface area contributed by atoms with E-state index in [-0.39, 0.29) is 5.76 Å². The summed E-state index contributed by atoms with van der Waals surface area (Å²) >= 11 is 5.93. The van der Waals surface area contributed by atoms with Crippen molar-refractivity contribution < 1.29 is 28.6 Å². The Bertz CT molecular complexity index is 1080. The minimum absolute atomic E-state index is 0.104.